The van der Waals surface area contributed by atoms with E-state index in [1.165, 1.54) is 44.9 Å². The molecule has 236 valence electrons. The van der Waals surface area contributed by atoms with Gasteiger partial charge in [-0.15, -0.1) is 0 Å². The van der Waals surface area contributed by atoms with Crippen LogP contribution in [0.1, 0.15) is 129 Å². The molecular formula is C30H63N7O3. The van der Waals surface area contributed by atoms with Crippen LogP contribution in [0.15, 0.2) is 0 Å². The Morgan fingerprint density at radius 3 is 1.68 bits per heavy atom. The first-order valence-corrected chi connectivity index (χ1v) is 16.1. The molecule has 0 radical (unpaired) electrons. The molecule has 11 N–H and O–H groups in total. The second-order valence-electron chi connectivity index (χ2n) is 11.2. The van der Waals surface area contributed by atoms with Gasteiger partial charge >= 0.3 is 0 Å². The van der Waals surface area contributed by atoms with Crippen LogP contribution in [0.3, 0.4) is 0 Å². The molecule has 0 unspecified atom stereocenters. The highest BCUT2D eigenvalue weighted by molar-refractivity contribution is 5.89. The standard InChI is InChI=1S/C30H63N7O3/c1-2-3-4-5-6-7-8-9-10-17-24-37(30(40)26(34)19-12-15-22-32)27(28(35)38)20-13-16-23-36-29(39)25(33)18-11-14-21-31/h25-27H,2-24,31-34H2,1H3,(H2,35,38)(H,36,39)/t25-,26-,27-/m0/s1. The molecule has 0 aromatic carbocycles. The number of amides is 3. The molecule has 0 aromatic rings. The van der Waals surface area contributed by atoms with Gasteiger partial charge < -0.3 is 38.9 Å². The zero-order valence-corrected chi connectivity index (χ0v) is 25.6. The third-order valence-electron chi connectivity index (χ3n) is 7.54. The minimum absolute atomic E-state index is 0.176. The summed E-state index contributed by atoms with van der Waals surface area (Å²) in [5, 5.41) is 2.86. The molecule has 0 fully saturated rings. The normalized spacial score (nSPS) is 13.5. The number of hydrogen-bond acceptors (Lipinski definition) is 7. The molecular weight excluding hydrogens is 506 g/mol. The van der Waals surface area contributed by atoms with Gasteiger partial charge in [-0.1, -0.05) is 77.6 Å². The molecule has 0 aliphatic heterocycles. The predicted octanol–water partition coefficient (Wildman–Crippen LogP) is 2.79. The topological polar surface area (TPSA) is 197 Å². The SMILES string of the molecule is CCCCCCCCCCCCN(C(=O)[C@@H](N)CCCCN)[C@@H](CCCCNC(=O)[C@@H](N)CCCCN)C(N)=O. The lowest BCUT2D eigenvalue weighted by molar-refractivity contribution is -0.141. The maximum Gasteiger partial charge on any atom is 0.240 e. The van der Waals surface area contributed by atoms with E-state index >= 15 is 0 Å². The highest BCUT2D eigenvalue weighted by Gasteiger charge is 2.30. The smallest absolute Gasteiger partial charge is 0.240 e. The fraction of sp³-hybridized carbons (Fsp3) is 0.900. The maximum atomic E-state index is 13.3. The van der Waals surface area contributed by atoms with Crippen molar-refractivity contribution in [2.75, 3.05) is 26.2 Å². The van der Waals surface area contributed by atoms with E-state index in [0.29, 0.717) is 58.3 Å². The first kappa shape index (κ1) is 38.2. The van der Waals surface area contributed by atoms with Gasteiger partial charge in [0.15, 0.2) is 0 Å². The molecule has 0 saturated heterocycles. The van der Waals surface area contributed by atoms with Crippen LogP contribution >= 0.6 is 0 Å². The number of rotatable bonds is 28. The summed E-state index contributed by atoms with van der Waals surface area (Å²) in [5.41, 5.74) is 29.1. The van der Waals surface area contributed by atoms with E-state index in [2.05, 4.69) is 12.2 Å². The van der Waals surface area contributed by atoms with Crippen molar-refractivity contribution in [1.29, 1.82) is 0 Å². The van der Waals surface area contributed by atoms with Crippen LogP contribution in [0.25, 0.3) is 0 Å². The largest absolute Gasteiger partial charge is 0.368 e. The quantitative estimate of drug-likeness (QED) is 0.0778. The molecule has 0 aliphatic carbocycles. The van der Waals surface area contributed by atoms with Gasteiger partial charge in [0.25, 0.3) is 0 Å². The Balaban J connectivity index is 4.79. The monoisotopic (exact) mass is 569 g/mol. The van der Waals surface area contributed by atoms with Crippen molar-refractivity contribution in [3.63, 3.8) is 0 Å². The van der Waals surface area contributed by atoms with Crippen LogP contribution in [-0.2, 0) is 14.4 Å². The molecule has 10 nitrogen and oxygen atoms in total. The average Bonchev–Trinajstić information content (AvgIpc) is 2.93. The maximum absolute atomic E-state index is 13.3. The Hall–Kier alpha value is -1.75. The van der Waals surface area contributed by atoms with E-state index in [1.807, 2.05) is 0 Å². The summed E-state index contributed by atoms with van der Waals surface area (Å²) < 4.78 is 0. The van der Waals surface area contributed by atoms with Crippen molar-refractivity contribution in [3.05, 3.63) is 0 Å². The van der Waals surface area contributed by atoms with Crippen molar-refractivity contribution in [2.45, 2.75) is 147 Å². The van der Waals surface area contributed by atoms with E-state index in [-0.39, 0.29) is 11.8 Å². The van der Waals surface area contributed by atoms with Gasteiger partial charge in [-0.3, -0.25) is 14.4 Å². The summed E-state index contributed by atoms with van der Waals surface area (Å²) in [4.78, 5) is 39.6. The van der Waals surface area contributed by atoms with Gasteiger partial charge in [-0.05, 0) is 64.5 Å². The van der Waals surface area contributed by atoms with Crippen molar-refractivity contribution in [2.24, 2.45) is 28.7 Å². The lowest BCUT2D eigenvalue weighted by Gasteiger charge is -2.32. The first-order valence-electron chi connectivity index (χ1n) is 16.1. The number of carbonyl (C=O) groups excluding carboxylic acids is 3. The number of carbonyl (C=O) groups is 3. The fourth-order valence-corrected chi connectivity index (χ4v) is 4.93. The van der Waals surface area contributed by atoms with Crippen LogP contribution in [0.4, 0.5) is 0 Å². The van der Waals surface area contributed by atoms with Gasteiger partial charge in [0, 0.05) is 13.1 Å². The van der Waals surface area contributed by atoms with Crippen molar-refractivity contribution >= 4 is 17.7 Å². The van der Waals surface area contributed by atoms with Crippen molar-refractivity contribution < 1.29 is 14.4 Å². The molecule has 0 bridgehead atoms. The summed E-state index contributed by atoms with van der Waals surface area (Å²) in [7, 11) is 0. The molecule has 10 heteroatoms. The van der Waals surface area contributed by atoms with E-state index in [0.717, 1.165) is 44.9 Å². The van der Waals surface area contributed by atoms with E-state index in [9.17, 15) is 14.4 Å². The lowest BCUT2D eigenvalue weighted by Crippen LogP contribution is -2.53. The van der Waals surface area contributed by atoms with E-state index in [4.69, 9.17) is 28.7 Å². The molecule has 40 heavy (non-hydrogen) atoms. The zero-order valence-electron chi connectivity index (χ0n) is 25.6. The van der Waals surface area contributed by atoms with Crippen LogP contribution < -0.4 is 34.0 Å². The Labute approximate surface area is 244 Å². The van der Waals surface area contributed by atoms with Gasteiger partial charge in [0.2, 0.25) is 17.7 Å². The van der Waals surface area contributed by atoms with Crippen LogP contribution in [0, 0.1) is 0 Å². The summed E-state index contributed by atoms with van der Waals surface area (Å²) in [5.74, 6) is -0.904. The Bertz CT molecular complexity index is 651. The highest BCUT2D eigenvalue weighted by Crippen LogP contribution is 2.16. The summed E-state index contributed by atoms with van der Waals surface area (Å²) >= 11 is 0. The van der Waals surface area contributed by atoms with E-state index in [1.54, 1.807) is 4.90 Å². The molecule has 0 aliphatic rings. The number of primary amides is 1. The number of nitrogens with two attached hydrogens (primary N) is 5. The van der Waals surface area contributed by atoms with Crippen LogP contribution in [0.5, 0.6) is 0 Å². The third kappa shape index (κ3) is 19.3. The van der Waals surface area contributed by atoms with Gasteiger partial charge in [-0.25, -0.2) is 0 Å². The number of unbranched alkanes of at least 4 members (excludes halogenated alkanes) is 12. The third-order valence-corrected chi connectivity index (χ3v) is 7.54. The second kappa shape index (κ2) is 26.2. The molecule has 3 amide bonds. The summed E-state index contributed by atoms with van der Waals surface area (Å²) in [6.07, 6.45) is 18.0. The molecule has 3 atom stereocenters. The van der Waals surface area contributed by atoms with E-state index < -0.39 is 24.0 Å². The Morgan fingerprint density at radius 2 is 1.15 bits per heavy atom. The predicted molar refractivity (Wildman–Crippen MR) is 165 cm³/mol. The highest BCUT2D eigenvalue weighted by atomic mass is 16.2. The number of hydrogen-bond donors (Lipinski definition) is 6. The minimum Gasteiger partial charge on any atom is -0.368 e. The second-order valence-corrected chi connectivity index (χ2v) is 11.2. The Kier molecular flexibility index (Phi) is 25.0. The van der Waals surface area contributed by atoms with Crippen molar-refractivity contribution in [1.82, 2.24) is 10.2 Å². The number of nitrogens with zero attached hydrogens (tertiary/aromatic N) is 1. The minimum atomic E-state index is -0.708. The van der Waals surface area contributed by atoms with Gasteiger partial charge in [0.1, 0.15) is 6.04 Å². The first-order chi connectivity index (χ1) is 19.3. The van der Waals surface area contributed by atoms with Gasteiger partial charge in [-0.2, -0.15) is 0 Å². The lowest BCUT2D eigenvalue weighted by atomic mass is 10.0. The number of nitrogens with one attached hydrogen (secondary N) is 1. The molecule has 0 heterocycles. The summed E-state index contributed by atoms with van der Waals surface area (Å²) in [6.45, 7) is 4.31. The summed E-state index contributed by atoms with van der Waals surface area (Å²) in [6, 6.07) is -1.92. The van der Waals surface area contributed by atoms with Crippen LogP contribution in [-0.4, -0.2) is 66.9 Å². The van der Waals surface area contributed by atoms with Crippen LogP contribution in [0.2, 0.25) is 0 Å². The zero-order chi connectivity index (χ0) is 30.0. The fourth-order valence-electron chi connectivity index (χ4n) is 4.93. The Morgan fingerprint density at radius 1 is 0.650 bits per heavy atom. The molecule has 0 aromatic heterocycles. The molecule has 0 saturated carbocycles. The molecule has 0 rings (SSSR count). The average molecular weight is 570 g/mol. The van der Waals surface area contributed by atoms with Gasteiger partial charge in [0.05, 0.1) is 12.1 Å². The van der Waals surface area contributed by atoms with Crippen molar-refractivity contribution in [3.8, 4) is 0 Å². The molecule has 0 spiro atoms.